The Balaban J connectivity index is 1.24. The fraction of sp³-hybridized carbons (Fsp3) is 0.688. The molecule has 2 saturated heterocycles. The number of ether oxygens (including phenoxy) is 1. The summed E-state index contributed by atoms with van der Waals surface area (Å²) < 4.78 is 5.54. The van der Waals surface area contributed by atoms with Crippen LogP contribution in [0.1, 0.15) is 24.5 Å². The summed E-state index contributed by atoms with van der Waals surface area (Å²) in [5.41, 5.74) is 1.14. The average molecular weight is 317 g/mol. The quantitative estimate of drug-likeness (QED) is 0.824. The highest BCUT2D eigenvalue weighted by atomic mass is 16.5. The molecule has 1 aromatic heterocycles. The molecule has 1 amide bonds. The first-order valence-electron chi connectivity index (χ1n) is 8.36. The number of likely N-dealkylation sites (N-methyl/N-ethyl adjacent to an activating group) is 1. The van der Waals surface area contributed by atoms with E-state index in [1.54, 1.807) is 0 Å². The Morgan fingerprint density at radius 3 is 2.78 bits per heavy atom. The highest BCUT2D eigenvalue weighted by Gasteiger charge is 2.33. The summed E-state index contributed by atoms with van der Waals surface area (Å²) in [6.07, 6.45) is 2.60. The first-order chi connectivity index (χ1) is 11.2. The number of nitrogens with zero attached hydrogens (tertiary/aromatic N) is 4. The molecule has 3 aliphatic rings. The molecule has 1 unspecified atom stereocenters. The molecule has 0 spiro atoms. The molecule has 1 atom stereocenters. The van der Waals surface area contributed by atoms with E-state index in [2.05, 4.69) is 44.5 Å². The molecule has 2 aliphatic heterocycles. The first kappa shape index (κ1) is 14.8. The second kappa shape index (κ2) is 6.05. The Morgan fingerprint density at radius 1 is 1.35 bits per heavy atom. The summed E-state index contributed by atoms with van der Waals surface area (Å²) in [7, 11) is 2.11. The predicted molar refractivity (Wildman–Crippen MR) is 85.4 cm³/mol. The third-order valence-corrected chi connectivity index (χ3v) is 4.94. The van der Waals surface area contributed by atoms with E-state index in [1.807, 2.05) is 0 Å². The van der Waals surface area contributed by atoms with Crippen LogP contribution < -0.4 is 10.2 Å². The van der Waals surface area contributed by atoms with Gasteiger partial charge >= 0.3 is 0 Å². The molecule has 3 heterocycles. The van der Waals surface area contributed by atoms with E-state index in [4.69, 9.17) is 4.74 Å². The number of carbonyl (C=O) groups is 1. The number of aromatic nitrogens is 2. The minimum absolute atomic E-state index is 0.0214. The predicted octanol–water partition coefficient (Wildman–Crippen LogP) is -0.0106. The summed E-state index contributed by atoms with van der Waals surface area (Å²) in [5, 5.41) is 11.6. The van der Waals surface area contributed by atoms with Gasteiger partial charge < -0.3 is 15.0 Å². The van der Waals surface area contributed by atoms with Crippen molar-refractivity contribution in [2.24, 2.45) is 0 Å². The molecule has 1 saturated carbocycles. The zero-order valence-corrected chi connectivity index (χ0v) is 13.4. The van der Waals surface area contributed by atoms with Gasteiger partial charge in [-0.3, -0.25) is 9.69 Å². The van der Waals surface area contributed by atoms with E-state index in [-0.39, 0.29) is 18.6 Å². The van der Waals surface area contributed by atoms with Gasteiger partial charge in [0.2, 0.25) is 5.91 Å². The van der Waals surface area contributed by atoms with Crippen molar-refractivity contribution in [3.05, 3.63) is 17.8 Å². The van der Waals surface area contributed by atoms with Gasteiger partial charge in [0.25, 0.3) is 0 Å². The van der Waals surface area contributed by atoms with Gasteiger partial charge in [0.05, 0.1) is 11.8 Å². The molecule has 0 aromatic carbocycles. The number of amides is 1. The summed E-state index contributed by atoms with van der Waals surface area (Å²) in [6, 6.07) is 4.72. The van der Waals surface area contributed by atoms with Crippen LogP contribution in [0.4, 0.5) is 5.82 Å². The number of hydrogen-bond acceptors (Lipinski definition) is 6. The molecule has 0 radical (unpaired) electrons. The third kappa shape index (κ3) is 3.30. The van der Waals surface area contributed by atoms with Crippen molar-refractivity contribution in [2.75, 3.05) is 44.7 Å². The highest BCUT2D eigenvalue weighted by Crippen LogP contribution is 2.38. The molecule has 1 aromatic rings. The summed E-state index contributed by atoms with van der Waals surface area (Å²) >= 11 is 0. The maximum atomic E-state index is 11.1. The molecule has 0 bridgehead atoms. The lowest BCUT2D eigenvalue weighted by Gasteiger charge is -2.45. The Bertz CT molecular complexity index is 558. The van der Waals surface area contributed by atoms with Crippen LogP contribution >= 0.6 is 0 Å². The Hall–Kier alpha value is -1.73. The molecule has 7 nitrogen and oxygen atoms in total. The summed E-state index contributed by atoms with van der Waals surface area (Å²) in [5.74, 6) is 1.61. The number of morpholine rings is 1. The largest absolute Gasteiger partial charge is 0.365 e. The number of anilines is 1. The van der Waals surface area contributed by atoms with Gasteiger partial charge in [0.15, 0.2) is 5.82 Å². The van der Waals surface area contributed by atoms with E-state index in [9.17, 15) is 4.79 Å². The molecule has 124 valence electrons. The van der Waals surface area contributed by atoms with Crippen molar-refractivity contribution in [3.63, 3.8) is 0 Å². The van der Waals surface area contributed by atoms with Crippen LogP contribution in [0.3, 0.4) is 0 Å². The maximum Gasteiger partial charge on any atom is 0.246 e. The van der Waals surface area contributed by atoms with Crippen LogP contribution in [-0.2, 0) is 9.53 Å². The molecule has 1 aliphatic carbocycles. The van der Waals surface area contributed by atoms with Crippen molar-refractivity contribution < 1.29 is 9.53 Å². The molecule has 7 heteroatoms. The fourth-order valence-electron chi connectivity index (χ4n) is 3.14. The smallest absolute Gasteiger partial charge is 0.246 e. The normalized spacial score (nSPS) is 25.4. The van der Waals surface area contributed by atoms with Crippen molar-refractivity contribution >= 4 is 11.7 Å². The zero-order chi connectivity index (χ0) is 15.8. The summed E-state index contributed by atoms with van der Waals surface area (Å²) in [4.78, 5) is 15.7. The van der Waals surface area contributed by atoms with Crippen LogP contribution in [0.2, 0.25) is 0 Å². The minimum Gasteiger partial charge on any atom is -0.365 e. The molecular formula is C16H23N5O2. The van der Waals surface area contributed by atoms with E-state index in [0.717, 1.165) is 31.1 Å². The van der Waals surface area contributed by atoms with Gasteiger partial charge in [-0.1, -0.05) is 0 Å². The lowest BCUT2D eigenvalue weighted by atomic mass is 10.1. The van der Waals surface area contributed by atoms with Gasteiger partial charge in [-0.2, -0.15) is 5.10 Å². The molecular weight excluding hydrogens is 294 g/mol. The average Bonchev–Trinajstić information content (AvgIpc) is 3.34. The molecule has 3 fully saturated rings. The lowest BCUT2D eigenvalue weighted by molar-refractivity contribution is -0.134. The Morgan fingerprint density at radius 2 is 2.17 bits per heavy atom. The van der Waals surface area contributed by atoms with E-state index in [0.29, 0.717) is 18.5 Å². The van der Waals surface area contributed by atoms with E-state index < -0.39 is 0 Å². The van der Waals surface area contributed by atoms with Gasteiger partial charge in [-0.05, 0) is 32.0 Å². The molecule has 1 N–H and O–H groups in total. The number of hydrogen-bond donors (Lipinski definition) is 1. The van der Waals surface area contributed by atoms with Crippen LogP contribution in [0.15, 0.2) is 12.1 Å². The number of nitrogens with one attached hydrogen (secondary N) is 1. The maximum absolute atomic E-state index is 11.1. The first-order valence-corrected chi connectivity index (χ1v) is 8.36. The van der Waals surface area contributed by atoms with E-state index in [1.165, 1.54) is 12.8 Å². The monoisotopic (exact) mass is 317 g/mol. The third-order valence-electron chi connectivity index (χ3n) is 4.94. The topological polar surface area (TPSA) is 70.6 Å². The van der Waals surface area contributed by atoms with Crippen molar-refractivity contribution in [1.82, 2.24) is 20.4 Å². The second-order valence-corrected chi connectivity index (χ2v) is 6.83. The van der Waals surface area contributed by atoms with Crippen molar-refractivity contribution in [2.45, 2.75) is 30.9 Å². The zero-order valence-electron chi connectivity index (χ0n) is 13.4. The molecule has 23 heavy (non-hydrogen) atoms. The SMILES string of the molecule is CN(CC1CNC(=O)CO1)C1CN(c2ccc(C3CC3)nn2)C1. The summed E-state index contributed by atoms with van der Waals surface area (Å²) in [6.45, 7) is 3.55. The Labute approximate surface area is 136 Å². The highest BCUT2D eigenvalue weighted by molar-refractivity contribution is 5.77. The van der Waals surface area contributed by atoms with Crippen LogP contribution in [-0.4, -0.2) is 73.0 Å². The van der Waals surface area contributed by atoms with Gasteiger partial charge in [-0.25, -0.2) is 0 Å². The van der Waals surface area contributed by atoms with Crippen molar-refractivity contribution in [1.29, 1.82) is 0 Å². The van der Waals surface area contributed by atoms with Crippen molar-refractivity contribution in [3.8, 4) is 0 Å². The second-order valence-electron chi connectivity index (χ2n) is 6.83. The number of rotatable bonds is 5. The number of carbonyl (C=O) groups excluding carboxylic acids is 1. The molecule has 4 rings (SSSR count). The lowest BCUT2D eigenvalue weighted by Crippen LogP contribution is -2.61. The fourth-order valence-corrected chi connectivity index (χ4v) is 3.14. The van der Waals surface area contributed by atoms with Crippen LogP contribution in [0.5, 0.6) is 0 Å². The van der Waals surface area contributed by atoms with Crippen LogP contribution in [0.25, 0.3) is 0 Å². The van der Waals surface area contributed by atoms with Gasteiger partial charge in [0.1, 0.15) is 6.61 Å². The van der Waals surface area contributed by atoms with E-state index >= 15 is 0 Å². The standard InChI is InChI=1S/C16H23N5O2/c1-20(9-13-6-17-16(22)10-23-13)12-7-21(8-12)15-5-4-14(18-19-15)11-2-3-11/h4-5,11-13H,2-3,6-10H2,1H3,(H,17,22). The van der Waals surface area contributed by atoms with Crippen LogP contribution in [0, 0.1) is 0 Å². The van der Waals surface area contributed by atoms with Gasteiger partial charge in [-0.15, -0.1) is 5.10 Å². The Kier molecular flexibility index (Phi) is 3.90. The minimum atomic E-state index is -0.0214. The van der Waals surface area contributed by atoms with Gasteiger partial charge in [0, 0.05) is 38.1 Å².